The number of amides is 4. The summed E-state index contributed by atoms with van der Waals surface area (Å²) in [4.78, 5) is 54.5. The summed E-state index contributed by atoms with van der Waals surface area (Å²) in [5.74, 6) is -1.09. The van der Waals surface area contributed by atoms with E-state index < -0.39 is 30.2 Å². The Bertz CT molecular complexity index is 1410. The first kappa shape index (κ1) is 30.3. The average Bonchev–Trinajstić information content (AvgIpc) is 3.55. The predicted octanol–water partition coefficient (Wildman–Crippen LogP) is 2.20. The maximum absolute atomic E-state index is 13.3. The second kappa shape index (κ2) is 13.8. The van der Waals surface area contributed by atoms with Gasteiger partial charge in [0.25, 0.3) is 5.91 Å². The molecule has 3 N–H and O–H groups in total. The first-order valence-electron chi connectivity index (χ1n) is 13.4. The Balaban J connectivity index is 1.38. The second-order valence-electron chi connectivity index (χ2n) is 9.88. The predicted molar refractivity (Wildman–Crippen MR) is 149 cm³/mol. The summed E-state index contributed by atoms with van der Waals surface area (Å²) in [7, 11) is 3.09. The van der Waals surface area contributed by atoms with Crippen LogP contribution in [0.4, 0.5) is 0 Å². The molecule has 2 aliphatic heterocycles. The highest BCUT2D eigenvalue weighted by molar-refractivity contribution is 5.99. The monoisotopic (exact) mass is 578 g/mol. The minimum atomic E-state index is -1.34. The number of rotatable bonds is 13. The van der Waals surface area contributed by atoms with Crippen molar-refractivity contribution in [2.75, 3.05) is 27.3 Å². The number of carbonyl (C=O) groups is 4. The third-order valence-electron chi connectivity index (χ3n) is 7.31. The molecule has 0 aliphatic carbocycles. The van der Waals surface area contributed by atoms with Crippen LogP contribution in [0.2, 0.25) is 0 Å². The van der Waals surface area contributed by atoms with Crippen LogP contribution in [0, 0.1) is 0 Å². The second-order valence-corrected chi connectivity index (χ2v) is 9.88. The van der Waals surface area contributed by atoms with Gasteiger partial charge in [0.1, 0.15) is 11.5 Å². The molecule has 2 aromatic carbocycles. The number of ether oxygens (including phenoxy) is 2. The molecule has 0 spiro atoms. The lowest BCUT2D eigenvalue weighted by Crippen LogP contribution is -2.44. The molecule has 4 amide bonds. The summed E-state index contributed by atoms with van der Waals surface area (Å²) in [5, 5.41) is 20.3. The number of hydroxylamine groups is 3. The molecule has 0 radical (unpaired) electrons. The van der Waals surface area contributed by atoms with Crippen LogP contribution in [-0.2, 0) is 32.3 Å². The van der Waals surface area contributed by atoms with E-state index in [-0.39, 0.29) is 37.4 Å². The van der Waals surface area contributed by atoms with Gasteiger partial charge < -0.3 is 19.3 Å². The lowest BCUT2D eigenvalue weighted by atomic mass is 10.0. The van der Waals surface area contributed by atoms with E-state index in [9.17, 15) is 24.4 Å². The van der Waals surface area contributed by atoms with Crippen molar-refractivity contribution in [3.63, 3.8) is 0 Å². The normalized spacial score (nSPS) is 15.3. The smallest absolute Gasteiger partial charge is 0.252 e. The van der Waals surface area contributed by atoms with Gasteiger partial charge in [-0.25, -0.2) is 10.5 Å². The van der Waals surface area contributed by atoms with Crippen molar-refractivity contribution < 1.29 is 39.1 Å². The van der Waals surface area contributed by atoms with Crippen molar-refractivity contribution >= 4 is 23.6 Å². The highest BCUT2D eigenvalue weighted by atomic mass is 16.5. The Morgan fingerprint density at radius 1 is 0.905 bits per heavy atom. The first-order valence-corrected chi connectivity index (χ1v) is 13.4. The van der Waals surface area contributed by atoms with Gasteiger partial charge in [-0.1, -0.05) is 48.6 Å². The van der Waals surface area contributed by atoms with Crippen LogP contribution in [0.5, 0.6) is 11.5 Å². The Morgan fingerprint density at radius 2 is 1.45 bits per heavy atom. The molecule has 12 nitrogen and oxygen atoms in total. The van der Waals surface area contributed by atoms with Crippen molar-refractivity contribution in [2.45, 2.75) is 38.4 Å². The Kier molecular flexibility index (Phi) is 9.94. The van der Waals surface area contributed by atoms with Crippen molar-refractivity contribution in [1.82, 2.24) is 20.3 Å². The molecule has 2 heterocycles. The van der Waals surface area contributed by atoms with Gasteiger partial charge >= 0.3 is 0 Å². The molecular formula is C30H34N4O8. The molecule has 0 saturated carbocycles. The average molecular weight is 579 g/mol. The zero-order chi connectivity index (χ0) is 30.2. The first-order chi connectivity index (χ1) is 20.3. The molecule has 1 unspecified atom stereocenters. The lowest BCUT2D eigenvalue weighted by Gasteiger charge is -2.27. The summed E-state index contributed by atoms with van der Waals surface area (Å²) in [5.41, 5.74) is 3.57. The summed E-state index contributed by atoms with van der Waals surface area (Å²) >= 11 is 0. The largest absolute Gasteiger partial charge is 0.496 e. The Morgan fingerprint density at radius 3 is 2.02 bits per heavy atom. The molecule has 42 heavy (non-hydrogen) atoms. The Labute approximate surface area is 243 Å². The number of methoxy groups -OCH3 is 2. The lowest BCUT2D eigenvalue weighted by molar-refractivity contribution is -0.174. The topological polar surface area (TPSA) is 149 Å². The number of hydrogen-bond donors (Lipinski definition) is 3. The quantitative estimate of drug-likeness (QED) is 0.242. The van der Waals surface area contributed by atoms with E-state index in [4.69, 9.17) is 14.7 Å². The van der Waals surface area contributed by atoms with Gasteiger partial charge in [0.2, 0.25) is 17.7 Å². The molecule has 2 aliphatic rings. The van der Waals surface area contributed by atoms with Crippen LogP contribution in [0.1, 0.15) is 30.4 Å². The summed E-state index contributed by atoms with van der Waals surface area (Å²) in [6.45, 7) is 1.10. The van der Waals surface area contributed by atoms with E-state index in [0.29, 0.717) is 35.2 Å². The minimum absolute atomic E-state index is 0.0449. The highest BCUT2D eigenvalue weighted by Gasteiger charge is 2.37. The fraction of sp³-hybridized carbons (Fsp3) is 0.333. The number of para-hydroxylation sites is 2. The number of benzene rings is 2. The molecule has 2 aromatic rings. The molecular weight excluding hydrogens is 544 g/mol. The molecule has 0 fully saturated rings. The summed E-state index contributed by atoms with van der Waals surface area (Å²) < 4.78 is 10.7. The van der Waals surface area contributed by atoms with Crippen LogP contribution in [0.15, 0.2) is 71.8 Å². The van der Waals surface area contributed by atoms with E-state index in [1.807, 2.05) is 42.5 Å². The fourth-order valence-corrected chi connectivity index (χ4v) is 5.07. The van der Waals surface area contributed by atoms with E-state index in [1.54, 1.807) is 30.2 Å². The van der Waals surface area contributed by atoms with Gasteiger partial charge in [-0.05, 0) is 18.6 Å². The van der Waals surface area contributed by atoms with E-state index in [0.717, 1.165) is 11.1 Å². The third-order valence-corrected chi connectivity index (χ3v) is 7.31. The van der Waals surface area contributed by atoms with E-state index in [2.05, 4.69) is 0 Å². The van der Waals surface area contributed by atoms with E-state index in [1.165, 1.54) is 17.5 Å². The standard InChI is InChI=1S/C30H34N4O8/c1-41-25-9-5-3-7-21(25)18-32-15-13-20(29(32)37)11-12-28(36)34(40)24(17-27(35)31-39)23-14-16-33(30(23)38)19-22-8-4-6-10-26(22)42-2/h3-10,13-14,24,39-40H,11-12,15-19H2,1-2H3,(H,31,35). The van der Waals surface area contributed by atoms with Crippen molar-refractivity contribution in [3.8, 4) is 11.5 Å². The summed E-state index contributed by atoms with van der Waals surface area (Å²) in [6, 6.07) is 13.3. The van der Waals surface area contributed by atoms with Crippen LogP contribution in [0.3, 0.4) is 0 Å². The van der Waals surface area contributed by atoms with Crippen LogP contribution >= 0.6 is 0 Å². The van der Waals surface area contributed by atoms with Gasteiger partial charge in [0.05, 0.1) is 26.7 Å². The minimum Gasteiger partial charge on any atom is -0.496 e. The van der Waals surface area contributed by atoms with Crippen LogP contribution in [0.25, 0.3) is 0 Å². The molecule has 12 heteroatoms. The zero-order valence-electron chi connectivity index (χ0n) is 23.5. The third kappa shape index (κ3) is 6.78. The molecule has 0 aromatic heterocycles. The molecule has 0 bridgehead atoms. The van der Waals surface area contributed by atoms with E-state index >= 15 is 0 Å². The number of nitrogens with zero attached hydrogens (tertiary/aromatic N) is 3. The van der Waals surface area contributed by atoms with Gasteiger partial charge in [-0.3, -0.25) is 29.6 Å². The summed E-state index contributed by atoms with van der Waals surface area (Å²) in [6.07, 6.45) is 2.56. The number of nitrogens with one attached hydrogen (secondary N) is 1. The molecule has 1 atom stereocenters. The Hall–Kier alpha value is -4.68. The highest BCUT2D eigenvalue weighted by Crippen LogP contribution is 2.27. The molecule has 222 valence electrons. The van der Waals surface area contributed by atoms with Crippen LogP contribution in [-0.4, -0.2) is 82.3 Å². The van der Waals surface area contributed by atoms with Crippen molar-refractivity contribution in [3.05, 3.63) is 83.0 Å². The van der Waals surface area contributed by atoms with Gasteiger partial charge in [-0.2, -0.15) is 0 Å². The molecule has 0 saturated heterocycles. The van der Waals surface area contributed by atoms with Gasteiger partial charge in [0.15, 0.2) is 0 Å². The van der Waals surface area contributed by atoms with Crippen molar-refractivity contribution in [2.24, 2.45) is 0 Å². The fourth-order valence-electron chi connectivity index (χ4n) is 5.07. The zero-order valence-corrected chi connectivity index (χ0v) is 23.5. The molecule has 4 rings (SSSR count). The van der Waals surface area contributed by atoms with Crippen molar-refractivity contribution in [1.29, 1.82) is 0 Å². The SMILES string of the molecule is COc1ccccc1CN1CC=C(CCC(=O)N(O)C(CC(=O)NO)C2=CCN(Cc3ccccc3OC)C2=O)C1=O. The van der Waals surface area contributed by atoms with Gasteiger partial charge in [-0.15, -0.1) is 0 Å². The maximum atomic E-state index is 13.3. The number of hydrogen-bond acceptors (Lipinski definition) is 8. The van der Waals surface area contributed by atoms with Gasteiger partial charge in [0, 0.05) is 54.9 Å². The van der Waals surface area contributed by atoms with Crippen LogP contribution < -0.4 is 15.0 Å². The maximum Gasteiger partial charge on any atom is 0.252 e. The number of carbonyl (C=O) groups excluding carboxylic acids is 4.